The molecule has 0 radical (unpaired) electrons. The molecule has 1 aliphatic rings. The van der Waals surface area contributed by atoms with E-state index in [9.17, 15) is 4.79 Å². The number of nitrogens with zero attached hydrogens (tertiary/aromatic N) is 2. The molecule has 64 valence electrons. The van der Waals surface area contributed by atoms with Gasteiger partial charge in [-0.25, -0.2) is 4.98 Å². The van der Waals surface area contributed by atoms with Gasteiger partial charge in [0.15, 0.2) is 0 Å². The minimum absolute atomic E-state index is 0.180. The van der Waals surface area contributed by atoms with Gasteiger partial charge in [-0.3, -0.25) is 9.69 Å². The van der Waals surface area contributed by atoms with Crippen molar-refractivity contribution in [2.24, 2.45) is 0 Å². The lowest BCUT2D eigenvalue weighted by Crippen LogP contribution is -2.33. The van der Waals surface area contributed by atoms with Crippen molar-refractivity contribution in [1.29, 1.82) is 0 Å². The number of hydrogen-bond donors (Lipinski definition) is 0. The molecule has 0 aromatic carbocycles. The van der Waals surface area contributed by atoms with Crippen molar-refractivity contribution in [3.8, 4) is 0 Å². The third kappa shape index (κ3) is 0.948. The summed E-state index contributed by atoms with van der Waals surface area (Å²) in [4.78, 5) is 17.4. The molecule has 4 heteroatoms. The van der Waals surface area contributed by atoms with Crippen LogP contribution < -0.4 is 4.90 Å². The first-order valence-corrected chi connectivity index (χ1v) is 4.82. The number of carbonyl (C=O) groups is 1. The lowest BCUT2D eigenvalue weighted by Gasteiger charge is -2.19. The summed E-state index contributed by atoms with van der Waals surface area (Å²) in [7, 11) is 0. The van der Waals surface area contributed by atoms with Crippen LogP contribution >= 0.6 is 11.3 Å². The van der Waals surface area contributed by atoms with Crippen molar-refractivity contribution in [2.75, 3.05) is 4.90 Å². The molecule has 0 aliphatic carbocycles. The van der Waals surface area contributed by atoms with Crippen LogP contribution in [-0.4, -0.2) is 16.9 Å². The highest BCUT2D eigenvalue weighted by atomic mass is 32.1. The summed E-state index contributed by atoms with van der Waals surface area (Å²) in [5, 5.41) is 1.04. The first-order valence-electron chi connectivity index (χ1n) is 3.94. The molecule has 2 rings (SSSR count). The van der Waals surface area contributed by atoms with Gasteiger partial charge < -0.3 is 0 Å². The zero-order valence-corrected chi connectivity index (χ0v) is 7.89. The molecule has 0 fully saturated rings. The van der Waals surface area contributed by atoms with E-state index in [1.54, 1.807) is 16.8 Å². The zero-order chi connectivity index (χ0) is 8.72. The molecule has 1 amide bonds. The highest BCUT2D eigenvalue weighted by Gasteiger charge is 2.31. The molecule has 0 saturated heterocycles. The SMILES string of the molecule is CC(C)N1C(=O)Cc2ncsc21. The number of anilines is 1. The minimum atomic E-state index is 0.180. The van der Waals surface area contributed by atoms with Crippen molar-refractivity contribution >= 4 is 22.2 Å². The highest BCUT2D eigenvalue weighted by molar-refractivity contribution is 7.14. The topological polar surface area (TPSA) is 33.2 Å². The second kappa shape index (κ2) is 2.55. The Morgan fingerprint density at radius 2 is 2.42 bits per heavy atom. The highest BCUT2D eigenvalue weighted by Crippen LogP contribution is 2.33. The first kappa shape index (κ1) is 7.73. The van der Waals surface area contributed by atoms with E-state index in [2.05, 4.69) is 4.98 Å². The van der Waals surface area contributed by atoms with Crippen LogP contribution in [0.2, 0.25) is 0 Å². The predicted molar refractivity (Wildman–Crippen MR) is 48.4 cm³/mol. The van der Waals surface area contributed by atoms with Gasteiger partial charge in [0, 0.05) is 6.04 Å². The van der Waals surface area contributed by atoms with Crippen LogP contribution in [-0.2, 0) is 11.2 Å². The van der Waals surface area contributed by atoms with Crippen molar-refractivity contribution in [2.45, 2.75) is 26.3 Å². The van der Waals surface area contributed by atoms with Crippen LogP contribution in [0.25, 0.3) is 0 Å². The summed E-state index contributed by atoms with van der Waals surface area (Å²) in [6.07, 6.45) is 0.483. The molecule has 0 atom stereocenters. The number of thiazole rings is 1. The number of amides is 1. The van der Waals surface area contributed by atoms with Crippen LogP contribution in [0.3, 0.4) is 0 Å². The number of hydrogen-bond acceptors (Lipinski definition) is 3. The van der Waals surface area contributed by atoms with E-state index in [0.29, 0.717) is 6.42 Å². The van der Waals surface area contributed by atoms with Gasteiger partial charge in [-0.2, -0.15) is 0 Å². The third-order valence-corrected chi connectivity index (χ3v) is 2.81. The molecule has 0 bridgehead atoms. The van der Waals surface area contributed by atoms with Crippen LogP contribution in [0.5, 0.6) is 0 Å². The summed E-state index contributed by atoms with van der Waals surface area (Å²) >= 11 is 1.55. The maximum atomic E-state index is 11.4. The van der Waals surface area contributed by atoms with Crippen LogP contribution in [0.15, 0.2) is 5.51 Å². The van der Waals surface area contributed by atoms with E-state index in [-0.39, 0.29) is 11.9 Å². The monoisotopic (exact) mass is 182 g/mol. The Bertz CT molecular complexity index is 319. The Morgan fingerprint density at radius 3 is 3.08 bits per heavy atom. The molecule has 0 N–H and O–H groups in total. The van der Waals surface area contributed by atoms with Crippen LogP contribution in [0.4, 0.5) is 5.00 Å². The van der Waals surface area contributed by atoms with Gasteiger partial charge in [-0.15, -0.1) is 11.3 Å². The van der Waals surface area contributed by atoms with Gasteiger partial charge in [0.2, 0.25) is 5.91 Å². The predicted octanol–water partition coefficient (Wildman–Crippen LogP) is 1.44. The quantitative estimate of drug-likeness (QED) is 0.658. The Kier molecular flexibility index (Phi) is 1.65. The lowest BCUT2D eigenvalue weighted by atomic mass is 10.3. The number of carbonyl (C=O) groups excluding carboxylic acids is 1. The van der Waals surface area contributed by atoms with E-state index in [0.717, 1.165) is 10.7 Å². The Morgan fingerprint density at radius 1 is 1.67 bits per heavy atom. The van der Waals surface area contributed by atoms with Gasteiger partial charge >= 0.3 is 0 Å². The maximum absolute atomic E-state index is 11.4. The molecule has 12 heavy (non-hydrogen) atoms. The molecule has 0 saturated carbocycles. The van der Waals surface area contributed by atoms with E-state index in [1.165, 1.54) is 0 Å². The molecular formula is C8H10N2OS. The Labute approximate surface area is 75.0 Å². The summed E-state index contributed by atoms with van der Waals surface area (Å²) in [5.74, 6) is 0.180. The van der Waals surface area contributed by atoms with Crippen molar-refractivity contribution < 1.29 is 4.79 Å². The normalized spacial score (nSPS) is 15.9. The summed E-state index contributed by atoms with van der Waals surface area (Å²) < 4.78 is 0. The first-order chi connectivity index (χ1) is 5.70. The Balaban J connectivity index is 2.42. The lowest BCUT2D eigenvalue weighted by molar-refractivity contribution is -0.117. The largest absolute Gasteiger partial charge is 0.299 e. The maximum Gasteiger partial charge on any atom is 0.234 e. The van der Waals surface area contributed by atoms with Crippen molar-refractivity contribution in [3.63, 3.8) is 0 Å². The van der Waals surface area contributed by atoms with E-state index in [4.69, 9.17) is 0 Å². The van der Waals surface area contributed by atoms with Gasteiger partial charge in [-0.05, 0) is 13.8 Å². The van der Waals surface area contributed by atoms with E-state index in [1.807, 2.05) is 18.7 Å². The fourth-order valence-electron chi connectivity index (χ4n) is 1.44. The number of fused-ring (bicyclic) bond motifs is 1. The molecule has 1 aliphatic heterocycles. The van der Waals surface area contributed by atoms with Gasteiger partial charge in [0.25, 0.3) is 0 Å². The Hall–Kier alpha value is -0.900. The third-order valence-electron chi connectivity index (χ3n) is 1.94. The van der Waals surface area contributed by atoms with Gasteiger partial charge in [0.05, 0.1) is 17.6 Å². The van der Waals surface area contributed by atoms with E-state index < -0.39 is 0 Å². The molecular weight excluding hydrogens is 172 g/mol. The number of aromatic nitrogens is 1. The summed E-state index contributed by atoms with van der Waals surface area (Å²) in [5.41, 5.74) is 2.74. The molecule has 1 aromatic rings. The smallest absolute Gasteiger partial charge is 0.234 e. The fraction of sp³-hybridized carbons (Fsp3) is 0.500. The summed E-state index contributed by atoms with van der Waals surface area (Å²) in [6.45, 7) is 4.04. The molecule has 3 nitrogen and oxygen atoms in total. The van der Waals surface area contributed by atoms with Gasteiger partial charge in [-0.1, -0.05) is 0 Å². The molecule has 2 heterocycles. The van der Waals surface area contributed by atoms with Crippen LogP contribution in [0.1, 0.15) is 19.5 Å². The summed E-state index contributed by atoms with van der Waals surface area (Å²) in [6, 6.07) is 0.249. The standard InChI is InChI=1S/C8H10N2OS/c1-5(2)10-7(11)3-6-8(10)12-4-9-6/h4-5H,3H2,1-2H3. The van der Waals surface area contributed by atoms with Crippen LogP contribution in [0, 0.1) is 0 Å². The van der Waals surface area contributed by atoms with Crippen molar-refractivity contribution in [1.82, 2.24) is 4.98 Å². The second-order valence-corrected chi connectivity index (χ2v) is 3.97. The average molecular weight is 182 g/mol. The average Bonchev–Trinajstić information content (AvgIpc) is 2.44. The molecule has 0 spiro atoms. The fourth-order valence-corrected chi connectivity index (χ4v) is 2.41. The minimum Gasteiger partial charge on any atom is -0.299 e. The van der Waals surface area contributed by atoms with Crippen molar-refractivity contribution in [3.05, 3.63) is 11.2 Å². The second-order valence-electron chi connectivity index (χ2n) is 3.14. The zero-order valence-electron chi connectivity index (χ0n) is 7.07. The molecule has 1 aromatic heterocycles. The van der Waals surface area contributed by atoms with E-state index >= 15 is 0 Å². The molecule has 0 unspecified atom stereocenters. The number of rotatable bonds is 1. The van der Waals surface area contributed by atoms with Gasteiger partial charge in [0.1, 0.15) is 5.00 Å².